The van der Waals surface area contributed by atoms with Gasteiger partial charge in [0.25, 0.3) is 5.56 Å². The molecular formula is C19H21N5O6. The van der Waals surface area contributed by atoms with E-state index in [4.69, 9.17) is 15.2 Å². The topological polar surface area (TPSA) is 166 Å². The van der Waals surface area contributed by atoms with Crippen LogP contribution in [0.5, 0.6) is 0 Å². The van der Waals surface area contributed by atoms with Crippen molar-refractivity contribution in [2.45, 2.75) is 37.0 Å². The van der Waals surface area contributed by atoms with Gasteiger partial charge in [-0.15, -0.1) is 0 Å². The van der Waals surface area contributed by atoms with E-state index in [2.05, 4.69) is 15.0 Å². The lowest BCUT2D eigenvalue weighted by Crippen LogP contribution is -2.38. The molecule has 5 unspecified atom stereocenters. The number of aromatic amines is 1. The van der Waals surface area contributed by atoms with Crippen LogP contribution in [-0.4, -0.2) is 66.7 Å². The van der Waals surface area contributed by atoms with Gasteiger partial charge in [0.1, 0.15) is 31.0 Å². The highest BCUT2D eigenvalue weighted by molar-refractivity contribution is 5.76. The standard InChI is InChI=1S/C19H21N5O6/c20-11(6-10-4-2-1-3-5-10)19(28)29-7-12-14(25)15(26)18(30-12)24-9-23-13-16(24)21-8-22-17(13)27/h1-5,8-9,11-12,14-15,18,25-26H,6-7,20H2,(H,21,22,27). The first-order valence-electron chi connectivity index (χ1n) is 9.33. The summed E-state index contributed by atoms with van der Waals surface area (Å²) in [6.07, 6.45) is -1.91. The van der Waals surface area contributed by atoms with Gasteiger partial charge in [-0.25, -0.2) is 9.97 Å². The molecule has 1 aliphatic heterocycles. The molecule has 0 spiro atoms. The number of hydrogen-bond acceptors (Lipinski definition) is 9. The molecule has 2 aromatic heterocycles. The van der Waals surface area contributed by atoms with Crippen LogP contribution in [0.2, 0.25) is 0 Å². The lowest BCUT2D eigenvalue weighted by Gasteiger charge is -2.17. The third-order valence-electron chi connectivity index (χ3n) is 4.97. The second-order valence-electron chi connectivity index (χ2n) is 7.03. The number of aliphatic hydroxyl groups excluding tert-OH is 2. The van der Waals surface area contributed by atoms with Crippen LogP contribution in [0.15, 0.2) is 47.8 Å². The second kappa shape index (κ2) is 8.32. The summed E-state index contributed by atoms with van der Waals surface area (Å²) in [6.45, 7) is -0.295. The number of nitrogens with zero attached hydrogens (tertiary/aromatic N) is 3. The first-order chi connectivity index (χ1) is 14.5. The fraction of sp³-hybridized carbons (Fsp3) is 0.368. The fourth-order valence-electron chi connectivity index (χ4n) is 3.37. The average Bonchev–Trinajstić information content (AvgIpc) is 3.29. The smallest absolute Gasteiger partial charge is 0.323 e. The molecule has 1 aromatic carbocycles. The third-order valence-corrected chi connectivity index (χ3v) is 4.97. The number of benzene rings is 1. The van der Waals surface area contributed by atoms with E-state index < -0.39 is 42.1 Å². The molecule has 11 heteroatoms. The lowest BCUT2D eigenvalue weighted by atomic mass is 10.1. The number of esters is 1. The Morgan fingerprint density at radius 2 is 2.03 bits per heavy atom. The molecule has 1 aliphatic rings. The molecular weight excluding hydrogens is 394 g/mol. The van der Waals surface area contributed by atoms with Crippen molar-refractivity contribution in [2.75, 3.05) is 6.61 Å². The van der Waals surface area contributed by atoms with E-state index >= 15 is 0 Å². The molecule has 0 radical (unpaired) electrons. The van der Waals surface area contributed by atoms with Gasteiger partial charge in [-0.1, -0.05) is 30.3 Å². The van der Waals surface area contributed by atoms with E-state index in [0.29, 0.717) is 6.42 Å². The van der Waals surface area contributed by atoms with Crippen molar-refractivity contribution >= 4 is 17.1 Å². The summed E-state index contributed by atoms with van der Waals surface area (Å²) in [5.41, 5.74) is 6.61. The number of carbonyl (C=O) groups excluding carboxylic acids is 1. The van der Waals surface area contributed by atoms with Gasteiger partial charge in [0, 0.05) is 0 Å². The SMILES string of the molecule is NC(Cc1ccccc1)C(=O)OCC1OC(n2cnc3c(=O)[nH]cnc32)C(O)C1O. The molecule has 0 saturated carbocycles. The van der Waals surface area contributed by atoms with Crippen LogP contribution in [0, 0.1) is 0 Å². The predicted octanol–water partition coefficient (Wildman–Crippen LogP) is -1.15. The van der Waals surface area contributed by atoms with Crippen LogP contribution in [-0.2, 0) is 20.7 Å². The van der Waals surface area contributed by atoms with E-state index in [1.165, 1.54) is 17.2 Å². The van der Waals surface area contributed by atoms with Crippen LogP contribution in [0.1, 0.15) is 11.8 Å². The van der Waals surface area contributed by atoms with Crippen molar-refractivity contribution < 1.29 is 24.5 Å². The number of nitrogens with one attached hydrogen (secondary N) is 1. The Morgan fingerprint density at radius 1 is 1.27 bits per heavy atom. The first-order valence-corrected chi connectivity index (χ1v) is 9.33. The molecule has 3 aromatic rings. The Balaban J connectivity index is 1.40. The van der Waals surface area contributed by atoms with E-state index in [9.17, 15) is 19.8 Å². The van der Waals surface area contributed by atoms with Crippen molar-refractivity contribution in [3.8, 4) is 0 Å². The monoisotopic (exact) mass is 415 g/mol. The second-order valence-corrected chi connectivity index (χ2v) is 7.03. The maximum absolute atomic E-state index is 12.2. The van der Waals surface area contributed by atoms with E-state index in [1.54, 1.807) is 0 Å². The molecule has 0 amide bonds. The summed E-state index contributed by atoms with van der Waals surface area (Å²) < 4.78 is 12.2. The fourth-order valence-corrected chi connectivity index (χ4v) is 3.37. The third kappa shape index (κ3) is 3.83. The average molecular weight is 415 g/mol. The number of carbonyl (C=O) groups is 1. The Kier molecular flexibility index (Phi) is 5.59. The quantitative estimate of drug-likeness (QED) is 0.364. The van der Waals surface area contributed by atoms with Gasteiger partial charge in [-0.05, 0) is 12.0 Å². The van der Waals surface area contributed by atoms with Crippen LogP contribution in [0.3, 0.4) is 0 Å². The molecule has 4 rings (SSSR count). The maximum Gasteiger partial charge on any atom is 0.323 e. The van der Waals surface area contributed by atoms with Crippen molar-refractivity contribution in [3.63, 3.8) is 0 Å². The van der Waals surface area contributed by atoms with Crippen LogP contribution in [0.25, 0.3) is 11.2 Å². The zero-order valence-corrected chi connectivity index (χ0v) is 15.8. The number of aromatic nitrogens is 4. The van der Waals surface area contributed by atoms with Gasteiger partial charge >= 0.3 is 5.97 Å². The highest BCUT2D eigenvalue weighted by atomic mass is 16.6. The minimum atomic E-state index is -1.34. The maximum atomic E-state index is 12.2. The van der Waals surface area contributed by atoms with Gasteiger partial charge < -0.3 is 30.4 Å². The van der Waals surface area contributed by atoms with Crippen molar-refractivity contribution in [2.24, 2.45) is 5.73 Å². The number of fused-ring (bicyclic) bond motifs is 1. The summed E-state index contributed by atoms with van der Waals surface area (Å²) in [5, 5.41) is 20.7. The number of rotatable bonds is 6. The molecule has 5 atom stereocenters. The molecule has 30 heavy (non-hydrogen) atoms. The van der Waals surface area contributed by atoms with Crippen molar-refractivity contribution in [1.82, 2.24) is 19.5 Å². The normalized spacial score (nSPS) is 24.8. The number of imidazole rings is 1. The molecule has 0 aliphatic carbocycles. The Hall–Kier alpha value is -3.12. The van der Waals surface area contributed by atoms with E-state index in [0.717, 1.165) is 5.56 Å². The van der Waals surface area contributed by atoms with E-state index in [1.807, 2.05) is 30.3 Å². The zero-order chi connectivity index (χ0) is 21.3. The van der Waals surface area contributed by atoms with E-state index in [-0.39, 0.29) is 17.8 Å². The van der Waals surface area contributed by atoms with Gasteiger partial charge in [0.05, 0.1) is 12.7 Å². The molecule has 11 nitrogen and oxygen atoms in total. The predicted molar refractivity (Wildman–Crippen MR) is 103 cm³/mol. The number of hydrogen-bond donors (Lipinski definition) is 4. The Labute approximate surface area is 170 Å². The van der Waals surface area contributed by atoms with Gasteiger partial charge in [-0.2, -0.15) is 0 Å². The summed E-state index contributed by atoms with van der Waals surface area (Å²) in [6, 6.07) is 8.39. The highest BCUT2D eigenvalue weighted by Crippen LogP contribution is 2.31. The summed E-state index contributed by atoms with van der Waals surface area (Å²) >= 11 is 0. The van der Waals surface area contributed by atoms with Crippen molar-refractivity contribution in [3.05, 3.63) is 58.9 Å². The number of aliphatic hydroxyl groups is 2. The summed E-state index contributed by atoms with van der Waals surface area (Å²) in [5.74, 6) is -0.645. The summed E-state index contributed by atoms with van der Waals surface area (Å²) in [4.78, 5) is 34.4. The molecule has 3 heterocycles. The Morgan fingerprint density at radius 3 is 2.80 bits per heavy atom. The number of H-pyrrole nitrogens is 1. The highest BCUT2D eigenvalue weighted by Gasteiger charge is 2.45. The van der Waals surface area contributed by atoms with Gasteiger partial charge in [0.2, 0.25) is 0 Å². The Bertz CT molecular complexity index is 1080. The lowest BCUT2D eigenvalue weighted by molar-refractivity contribution is -0.151. The molecule has 5 N–H and O–H groups in total. The van der Waals surface area contributed by atoms with Crippen LogP contribution in [0.4, 0.5) is 0 Å². The number of ether oxygens (including phenoxy) is 2. The van der Waals surface area contributed by atoms with Gasteiger partial charge in [0.15, 0.2) is 17.4 Å². The largest absolute Gasteiger partial charge is 0.462 e. The minimum absolute atomic E-state index is 0.0737. The molecule has 0 bridgehead atoms. The number of nitrogens with two attached hydrogens (primary N) is 1. The molecule has 1 saturated heterocycles. The van der Waals surface area contributed by atoms with Gasteiger partial charge in [-0.3, -0.25) is 14.2 Å². The molecule has 1 fully saturated rings. The van der Waals surface area contributed by atoms with Crippen LogP contribution >= 0.6 is 0 Å². The van der Waals surface area contributed by atoms with Crippen LogP contribution < -0.4 is 11.3 Å². The first kappa shape index (κ1) is 20.2. The molecule has 158 valence electrons. The van der Waals surface area contributed by atoms with Crippen molar-refractivity contribution in [1.29, 1.82) is 0 Å². The summed E-state index contributed by atoms with van der Waals surface area (Å²) in [7, 11) is 0. The zero-order valence-electron chi connectivity index (χ0n) is 15.8. The minimum Gasteiger partial charge on any atom is -0.462 e.